The Bertz CT molecular complexity index is 1270. The molecule has 1 aromatic heterocycles. The first-order valence-corrected chi connectivity index (χ1v) is 11.1. The molecule has 0 saturated carbocycles. The monoisotopic (exact) mass is 464 g/mol. The van der Waals surface area contributed by atoms with Gasteiger partial charge in [-0.15, -0.1) is 11.3 Å². The van der Waals surface area contributed by atoms with Gasteiger partial charge in [0, 0.05) is 29.3 Å². The van der Waals surface area contributed by atoms with E-state index in [0.29, 0.717) is 11.1 Å². The summed E-state index contributed by atoms with van der Waals surface area (Å²) in [6, 6.07) is 19.0. The van der Waals surface area contributed by atoms with Crippen molar-refractivity contribution in [3.8, 4) is 16.5 Å². The van der Waals surface area contributed by atoms with E-state index in [-0.39, 0.29) is 17.4 Å². The molecule has 0 bridgehead atoms. The third-order valence-electron chi connectivity index (χ3n) is 6.01. The molecule has 0 radical (unpaired) electrons. The van der Waals surface area contributed by atoms with Gasteiger partial charge in [0.25, 0.3) is 5.92 Å². The van der Waals surface area contributed by atoms with E-state index in [2.05, 4.69) is 11.4 Å². The summed E-state index contributed by atoms with van der Waals surface area (Å²) in [5.41, 5.74) is 0.931. The SMILES string of the molecule is CN1C(=N)N[C@](C)(c2ccc(-c3cccc(C#N)c3)s2)[C@H](c2ccc(C(C)(F)F)cc2)C1=O. The summed E-state index contributed by atoms with van der Waals surface area (Å²) in [6.45, 7) is 2.68. The number of amides is 1. The lowest BCUT2D eigenvalue weighted by molar-refractivity contribution is -0.131. The quantitative estimate of drug-likeness (QED) is 0.543. The number of nitriles is 1. The number of halogens is 2. The maximum Gasteiger partial charge on any atom is 0.270 e. The number of rotatable bonds is 4. The Kier molecular flexibility index (Phi) is 5.54. The van der Waals surface area contributed by atoms with Gasteiger partial charge >= 0.3 is 0 Å². The van der Waals surface area contributed by atoms with E-state index in [4.69, 9.17) is 5.41 Å². The third kappa shape index (κ3) is 4.00. The molecule has 33 heavy (non-hydrogen) atoms. The first kappa shape index (κ1) is 22.6. The first-order chi connectivity index (χ1) is 15.5. The molecule has 1 amide bonds. The zero-order chi connectivity index (χ0) is 24.0. The zero-order valence-corrected chi connectivity index (χ0v) is 19.1. The molecular formula is C25H22F2N4OS. The van der Waals surface area contributed by atoms with Gasteiger partial charge in [-0.3, -0.25) is 15.1 Å². The topological polar surface area (TPSA) is 80.0 Å². The maximum absolute atomic E-state index is 13.7. The van der Waals surface area contributed by atoms with Gasteiger partial charge in [0.05, 0.1) is 23.1 Å². The van der Waals surface area contributed by atoms with Crippen molar-refractivity contribution in [2.45, 2.75) is 31.2 Å². The molecule has 1 aliphatic heterocycles. The van der Waals surface area contributed by atoms with E-state index in [9.17, 15) is 18.8 Å². The summed E-state index contributed by atoms with van der Waals surface area (Å²) in [5, 5.41) is 20.7. The number of nitrogens with one attached hydrogen (secondary N) is 2. The van der Waals surface area contributed by atoms with Crippen LogP contribution in [0.3, 0.4) is 0 Å². The number of carbonyl (C=O) groups excluding carboxylic acids is 1. The number of hydrogen-bond donors (Lipinski definition) is 2. The normalized spacial score (nSPS) is 21.0. The average Bonchev–Trinajstić information content (AvgIpc) is 3.29. The van der Waals surface area contributed by atoms with Gasteiger partial charge in [0.1, 0.15) is 0 Å². The van der Waals surface area contributed by atoms with Gasteiger partial charge in [0.2, 0.25) is 5.91 Å². The number of alkyl halides is 2. The average molecular weight is 465 g/mol. The predicted octanol–water partition coefficient (Wildman–Crippen LogP) is 5.39. The molecule has 1 saturated heterocycles. The first-order valence-electron chi connectivity index (χ1n) is 10.3. The van der Waals surface area contributed by atoms with Crippen LogP contribution < -0.4 is 5.32 Å². The Morgan fingerprint density at radius 2 is 1.88 bits per heavy atom. The smallest absolute Gasteiger partial charge is 0.270 e. The Labute approximate surface area is 194 Å². The highest BCUT2D eigenvalue weighted by Gasteiger charge is 2.49. The second kappa shape index (κ2) is 8.09. The van der Waals surface area contributed by atoms with Crippen molar-refractivity contribution in [3.63, 3.8) is 0 Å². The lowest BCUT2D eigenvalue weighted by atomic mass is 9.76. The Balaban J connectivity index is 1.79. The predicted molar refractivity (Wildman–Crippen MR) is 124 cm³/mol. The molecular weight excluding hydrogens is 442 g/mol. The van der Waals surface area contributed by atoms with E-state index in [1.807, 2.05) is 31.2 Å². The van der Waals surface area contributed by atoms with Crippen molar-refractivity contribution in [1.29, 1.82) is 10.7 Å². The molecule has 3 aromatic rings. The molecule has 8 heteroatoms. The number of hydrogen-bond acceptors (Lipinski definition) is 4. The van der Waals surface area contributed by atoms with Crippen molar-refractivity contribution in [2.24, 2.45) is 0 Å². The second-order valence-electron chi connectivity index (χ2n) is 8.37. The van der Waals surface area contributed by atoms with E-state index >= 15 is 0 Å². The summed E-state index contributed by atoms with van der Waals surface area (Å²) in [4.78, 5) is 16.3. The summed E-state index contributed by atoms with van der Waals surface area (Å²) >= 11 is 1.46. The van der Waals surface area contributed by atoms with Crippen molar-refractivity contribution in [2.75, 3.05) is 7.05 Å². The van der Waals surface area contributed by atoms with Crippen LogP contribution in [-0.4, -0.2) is 23.8 Å². The number of guanidine groups is 1. The van der Waals surface area contributed by atoms with E-state index in [1.54, 1.807) is 24.3 Å². The summed E-state index contributed by atoms with van der Waals surface area (Å²) in [5.74, 6) is -4.03. The number of benzene rings is 2. The molecule has 2 N–H and O–H groups in total. The fourth-order valence-electron chi connectivity index (χ4n) is 4.11. The highest BCUT2D eigenvalue weighted by Crippen LogP contribution is 2.45. The van der Waals surface area contributed by atoms with E-state index in [1.165, 1.54) is 35.4 Å². The largest absolute Gasteiger partial charge is 0.345 e. The van der Waals surface area contributed by atoms with Crippen LogP contribution in [0.25, 0.3) is 10.4 Å². The molecule has 0 spiro atoms. The molecule has 0 unspecified atom stereocenters. The minimum Gasteiger partial charge on any atom is -0.345 e. The van der Waals surface area contributed by atoms with Gasteiger partial charge in [-0.05, 0) is 42.3 Å². The zero-order valence-electron chi connectivity index (χ0n) is 18.3. The molecule has 5 nitrogen and oxygen atoms in total. The fourth-order valence-corrected chi connectivity index (χ4v) is 5.25. The molecule has 0 aliphatic carbocycles. The van der Waals surface area contributed by atoms with Crippen LogP contribution in [0, 0.1) is 16.7 Å². The minimum atomic E-state index is -2.98. The second-order valence-corrected chi connectivity index (χ2v) is 9.46. The van der Waals surface area contributed by atoms with Gasteiger partial charge in [-0.25, -0.2) is 8.78 Å². The molecule has 4 rings (SSSR count). The minimum absolute atomic E-state index is 0.0307. The molecule has 168 valence electrons. The molecule has 2 heterocycles. The number of nitrogens with zero attached hydrogens (tertiary/aromatic N) is 2. The van der Waals surface area contributed by atoms with Gasteiger partial charge in [0.15, 0.2) is 5.96 Å². The maximum atomic E-state index is 13.7. The van der Waals surface area contributed by atoms with Crippen molar-refractivity contribution in [1.82, 2.24) is 10.2 Å². The summed E-state index contributed by atoms with van der Waals surface area (Å²) in [7, 11) is 1.52. The third-order valence-corrected chi connectivity index (χ3v) is 7.39. The van der Waals surface area contributed by atoms with Crippen LogP contribution in [0.1, 0.15) is 41.3 Å². The van der Waals surface area contributed by atoms with Crippen LogP contribution in [-0.2, 0) is 16.3 Å². The van der Waals surface area contributed by atoms with Gasteiger partial charge in [-0.2, -0.15) is 5.26 Å². The molecule has 2 atom stereocenters. The van der Waals surface area contributed by atoms with Crippen molar-refractivity contribution in [3.05, 3.63) is 82.2 Å². The van der Waals surface area contributed by atoms with Crippen LogP contribution >= 0.6 is 11.3 Å². The number of likely N-dealkylation sites (N-methyl/N-ethyl adjacent to an activating group) is 1. The Morgan fingerprint density at radius 1 is 1.18 bits per heavy atom. The van der Waals surface area contributed by atoms with Crippen LogP contribution in [0.2, 0.25) is 0 Å². The Hall–Kier alpha value is -3.57. The molecule has 1 aliphatic rings. The highest BCUT2D eigenvalue weighted by molar-refractivity contribution is 7.15. The fraction of sp³-hybridized carbons (Fsp3) is 0.240. The van der Waals surface area contributed by atoms with Crippen molar-refractivity contribution >= 4 is 23.2 Å². The molecule has 1 fully saturated rings. The lowest BCUT2D eigenvalue weighted by Gasteiger charge is -2.45. The van der Waals surface area contributed by atoms with Gasteiger partial charge in [-0.1, -0.05) is 36.4 Å². The number of thiophene rings is 1. The summed E-state index contributed by atoms with van der Waals surface area (Å²) in [6.07, 6.45) is 0. The Morgan fingerprint density at radius 3 is 2.52 bits per heavy atom. The summed E-state index contributed by atoms with van der Waals surface area (Å²) < 4.78 is 27.4. The number of carbonyl (C=O) groups is 1. The highest BCUT2D eigenvalue weighted by atomic mass is 32.1. The van der Waals surface area contributed by atoms with E-state index < -0.39 is 17.4 Å². The van der Waals surface area contributed by atoms with Crippen LogP contribution in [0.15, 0.2) is 60.7 Å². The van der Waals surface area contributed by atoms with Crippen LogP contribution in [0.5, 0.6) is 0 Å². The molecule has 2 aromatic carbocycles. The van der Waals surface area contributed by atoms with Gasteiger partial charge < -0.3 is 5.32 Å². The lowest BCUT2D eigenvalue weighted by Crippen LogP contribution is -2.62. The standard InChI is InChI=1S/C25H22F2N4OS/c1-24(20-12-11-19(33-20)17-6-4-5-15(13-17)14-28)21(22(32)31(3)23(29)30-24)16-7-9-18(10-8-16)25(2,26)27/h4-13,21H,1-3H3,(H2,29,30)/t21-,24-/m1/s1. The van der Waals surface area contributed by atoms with Crippen LogP contribution in [0.4, 0.5) is 8.78 Å². The van der Waals surface area contributed by atoms with Crippen molar-refractivity contribution < 1.29 is 13.6 Å². The van der Waals surface area contributed by atoms with E-state index in [0.717, 1.165) is 22.2 Å².